The van der Waals surface area contributed by atoms with Gasteiger partial charge in [0.1, 0.15) is 0 Å². The molecule has 0 atom stereocenters. The third-order valence-corrected chi connectivity index (χ3v) is 1.30. The highest BCUT2D eigenvalue weighted by molar-refractivity contribution is 5.23. The van der Waals surface area contributed by atoms with Gasteiger partial charge in [-0.3, -0.25) is 4.99 Å². The molecule has 0 radical (unpaired) electrons. The Hall–Kier alpha value is -0.850. The van der Waals surface area contributed by atoms with Crippen LogP contribution in [0.25, 0.3) is 0 Å². The van der Waals surface area contributed by atoms with Crippen molar-refractivity contribution in [1.29, 1.82) is 0 Å². The summed E-state index contributed by atoms with van der Waals surface area (Å²) >= 11 is 0. The van der Waals surface area contributed by atoms with Crippen molar-refractivity contribution in [2.45, 2.75) is 26.2 Å². The van der Waals surface area contributed by atoms with Crippen molar-refractivity contribution in [1.82, 2.24) is 0 Å². The Morgan fingerprint density at radius 3 is 2.27 bits per heavy atom. The molecule has 1 nitrogen and oxygen atoms in total. The molecule has 0 aliphatic rings. The van der Waals surface area contributed by atoms with Crippen molar-refractivity contribution in [2.75, 3.05) is 6.54 Å². The molecule has 0 aromatic rings. The smallest absolute Gasteiger partial charge is 0.0563 e. The summed E-state index contributed by atoms with van der Waals surface area (Å²) < 4.78 is 0. The first-order valence-corrected chi connectivity index (χ1v) is 4.14. The number of hydrogen-bond acceptors (Lipinski definition) is 1. The van der Waals surface area contributed by atoms with Gasteiger partial charge >= 0.3 is 0 Å². The van der Waals surface area contributed by atoms with Gasteiger partial charge in [-0.1, -0.05) is 31.2 Å². The van der Waals surface area contributed by atoms with E-state index in [1.807, 2.05) is 6.08 Å². The van der Waals surface area contributed by atoms with E-state index in [2.05, 4.69) is 36.9 Å². The van der Waals surface area contributed by atoms with Crippen LogP contribution in [0.3, 0.4) is 0 Å². The highest BCUT2D eigenvalue weighted by atomic mass is 14.6. The van der Waals surface area contributed by atoms with E-state index in [9.17, 15) is 0 Å². The lowest BCUT2D eigenvalue weighted by atomic mass is 10.2. The quantitative estimate of drug-likeness (QED) is 0.314. The van der Waals surface area contributed by atoms with Crippen LogP contribution < -0.4 is 0 Å². The number of unbranched alkanes of at least 4 members (excludes halogenated alkanes) is 1. The summed E-state index contributed by atoms with van der Waals surface area (Å²) in [6.07, 6.45) is 12.0. The van der Waals surface area contributed by atoms with Gasteiger partial charge in [0.05, 0.1) is 6.54 Å². The molecule has 62 valence electrons. The largest absolute Gasteiger partial charge is 0.297 e. The van der Waals surface area contributed by atoms with Gasteiger partial charge in [0.2, 0.25) is 0 Å². The summed E-state index contributed by atoms with van der Waals surface area (Å²) in [5.41, 5.74) is 0. The number of rotatable bonds is 6. The van der Waals surface area contributed by atoms with Gasteiger partial charge in [-0.05, 0) is 26.0 Å². The molecule has 0 rings (SSSR count). The Morgan fingerprint density at radius 1 is 1.09 bits per heavy atom. The molecular formula is C10H17N. The minimum atomic E-state index is 0.748. The maximum Gasteiger partial charge on any atom is 0.0563 e. The highest BCUT2D eigenvalue weighted by Gasteiger charge is 1.74. The number of hydrogen-bond donors (Lipinski definition) is 0. The summed E-state index contributed by atoms with van der Waals surface area (Å²) in [5, 5.41) is 0. The van der Waals surface area contributed by atoms with Gasteiger partial charge in [-0.15, -0.1) is 0 Å². The first-order valence-electron chi connectivity index (χ1n) is 4.14. The normalized spacial score (nSPS) is 11.4. The van der Waals surface area contributed by atoms with Crippen LogP contribution >= 0.6 is 0 Å². The minimum Gasteiger partial charge on any atom is -0.297 e. The van der Waals surface area contributed by atoms with Crippen LogP contribution in [-0.4, -0.2) is 13.3 Å². The molecule has 0 aliphatic carbocycles. The van der Waals surface area contributed by atoms with Crippen molar-refractivity contribution in [3.8, 4) is 0 Å². The third-order valence-electron chi connectivity index (χ3n) is 1.30. The summed E-state index contributed by atoms with van der Waals surface area (Å²) in [5.74, 6) is 0. The van der Waals surface area contributed by atoms with Crippen LogP contribution in [0.2, 0.25) is 0 Å². The minimum absolute atomic E-state index is 0.748. The lowest BCUT2D eigenvalue weighted by Crippen LogP contribution is -1.69. The van der Waals surface area contributed by atoms with E-state index in [1.165, 1.54) is 0 Å². The third kappa shape index (κ3) is 9.15. The maximum absolute atomic E-state index is 3.71. The molecule has 0 amide bonds. The second kappa shape index (κ2) is 9.15. The second-order valence-corrected chi connectivity index (χ2v) is 2.33. The fourth-order valence-corrected chi connectivity index (χ4v) is 0.744. The SMILES string of the molecule is C=NCC=CCCC=CCC. The molecule has 1 heteroatoms. The fourth-order valence-electron chi connectivity index (χ4n) is 0.744. The van der Waals surface area contributed by atoms with Crippen LogP contribution in [0, 0.1) is 0 Å². The van der Waals surface area contributed by atoms with Crippen LogP contribution in [0.4, 0.5) is 0 Å². The van der Waals surface area contributed by atoms with Crippen LogP contribution in [0.5, 0.6) is 0 Å². The maximum atomic E-state index is 3.71. The zero-order valence-corrected chi connectivity index (χ0v) is 7.29. The lowest BCUT2D eigenvalue weighted by molar-refractivity contribution is 1.03. The highest BCUT2D eigenvalue weighted by Crippen LogP contribution is 1.93. The first kappa shape index (κ1) is 10.2. The summed E-state index contributed by atoms with van der Waals surface area (Å²) in [4.78, 5) is 3.71. The Balaban J connectivity index is 3.12. The molecule has 0 spiro atoms. The van der Waals surface area contributed by atoms with Crippen molar-refractivity contribution in [2.24, 2.45) is 4.99 Å². The van der Waals surface area contributed by atoms with E-state index >= 15 is 0 Å². The Bertz CT molecular complexity index is 134. The molecule has 0 aromatic carbocycles. The standard InChI is InChI=1S/C10H17N/c1-3-4-5-6-7-8-9-10-11-2/h4-5,8-9H,2-3,6-7,10H2,1H3. The monoisotopic (exact) mass is 151 g/mol. The second-order valence-electron chi connectivity index (χ2n) is 2.33. The van der Waals surface area contributed by atoms with Crippen LogP contribution in [-0.2, 0) is 0 Å². The molecule has 11 heavy (non-hydrogen) atoms. The van der Waals surface area contributed by atoms with E-state index in [0.29, 0.717) is 0 Å². The summed E-state index contributed by atoms with van der Waals surface area (Å²) in [6.45, 7) is 6.29. The molecule has 0 aliphatic heterocycles. The summed E-state index contributed by atoms with van der Waals surface area (Å²) in [7, 11) is 0. The lowest BCUT2D eigenvalue weighted by Gasteiger charge is -1.85. The average molecular weight is 151 g/mol. The van der Waals surface area contributed by atoms with E-state index in [0.717, 1.165) is 25.8 Å². The molecular weight excluding hydrogens is 134 g/mol. The predicted octanol–water partition coefficient (Wildman–Crippen LogP) is 2.99. The molecule has 0 saturated heterocycles. The molecule has 0 N–H and O–H groups in total. The zero-order valence-electron chi connectivity index (χ0n) is 7.29. The molecule has 0 fully saturated rings. The summed E-state index contributed by atoms with van der Waals surface area (Å²) in [6, 6.07) is 0. The topological polar surface area (TPSA) is 12.4 Å². The van der Waals surface area contributed by atoms with Gasteiger partial charge < -0.3 is 0 Å². The van der Waals surface area contributed by atoms with Crippen molar-refractivity contribution < 1.29 is 0 Å². The van der Waals surface area contributed by atoms with Crippen LogP contribution in [0.1, 0.15) is 26.2 Å². The Labute approximate surface area is 69.5 Å². The van der Waals surface area contributed by atoms with Gasteiger partial charge in [-0.25, -0.2) is 0 Å². The van der Waals surface area contributed by atoms with Crippen molar-refractivity contribution in [3.63, 3.8) is 0 Å². The van der Waals surface area contributed by atoms with Crippen molar-refractivity contribution in [3.05, 3.63) is 24.3 Å². The molecule has 0 saturated carbocycles. The first-order chi connectivity index (χ1) is 5.41. The Kier molecular flexibility index (Phi) is 8.44. The number of nitrogens with zero attached hydrogens (tertiary/aromatic N) is 1. The molecule has 0 unspecified atom stereocenters. The number of aliphatic imine (C=N–C) groups is 1. The predicted molar refractivity (Wildman–Crippen MR) is 52.2 cm³/mol. The van der Waals surface area contributed by atoms with Crippen molar-refractivity contribution >= 4 is 6.72 Å². The number of allylic oxidation sites excluding steroid dienone is 3. The van der Waals surface area contributed by atoms with E-state index in [1.54, 1.807) is 0 Å². The van der Waals surface area contributed by atoms with Gasteiger partial charge in [0.25, 0.3) is 0 Å². The van der Waals surface area contributed by atoms with E-state index in [4.69, 9.17) is 0 Å². The zero-order chi connectivity index (χ0) is 8.36. The molecule has 0 aromatic heterocycles. The molecule has 0 bridgehead atoms. The van der Waals surface area contributed by atoms with Crippen LogP contribution in [0.15, 0.2) is 29.3 Å². The fraction of sp³-hybridized carbons (Fsp3) is 0.500. The van der Waals surface area contributed by atoms with E-state index in [-0.39, 0.29) is 0 Å². The van der Waals surface area contributed by atoms with Gasteiger partial charge in [0, 0.05) is 0 Å². The van der Waals surface area contributed by atoms with E-state index < -0.39 is 0 Å². The van der Waals surface area contributed by atoms with Gasteiger partial charge in [0.15, 0.2) is 0 Å². The molecule has 0 heterocycles. The average Bonchev–Trinajstić information content (AvgIpc) is 2.03. The Morgan fingerprint density at radius 2 is 1.73 bits per heavy atom. The van der Waals surface area contributed by atoms with Gasteiger partial charge in [-0.2, -0.15) is 0 Å².